The lowest BCUT2D eigenvalue weighted by molar-refractivity contribution is -0.116. The maximum Gasteiger partial charge on any atom is 0.226 e. The van der Waals surface area contributed by atoms with Crippen LogP contribution in [0.4, 0.5) is 5.82 Å². The number of H-pyrrole nitrogens is 1. The van der Waals surface area contributed by atoms with Crippen LogP contribution < -0.4 is 14.8 Å². The number of rotatable bonds is 5. The van der Waals surface area contributed by atoms with Gasteiger partial charge in [0.2, 0.25) is 5.91 Å². The van der Waals surface area contributed by atoms with Gasteiger partial charge < -0.3 is 14.8 Å². The number of hydrogen-bond donors (Lipinski definition) is 2. The van der Waals surface area contributed by atoms with E-state index in [1.807, 2.05) is 48.5 Å². The number of nitrogens with zero attached hydrogens (tertiary/aromatic N) is 1. The van der Waals surface area contributed by atoms with E-state index in [4.69, 9.17) is 9.47 Å². The highest BCUT2D eigenvalue weighted by atomic mass is 16.5. The third-order valence-corrected chi connectivity index (χ3v) is 4.53. The van der Waals surface area contributed by atoms with Crippen LogP contribution in [0.5, 0.6) is 11.5 Å². The molecule has 0 bridgehead atoms. The van der Waals surface area contributed by atoms with Gasteiger partial charge in [0.15, 0.2) is 11.5 Å². The summed E-state index contributed by atoms with van der Waals surface area (Å²) in [6.07, 6.45) is 2.13. The molecule has 0 saturated heterocycles. The lowest BCUT2D eigenvalue weighted by Gasteiger charge is -2.23. The van der Waals surface area contributed by atoms with Crippen LogP contribution in [0.3, 0.4) is 0 Å². The smallest absolute Gasteiger partial charge is 0.226 e. The van der Waals surface area contributed by atoms with Gasteiger partial charge in [-0.15, -0.1) is 0 Å². The van der Waals surface area contributed by atoms with Crippen LogP contribution in [0, 0.1) is 0 Å². The Morgan fingerprint density at radius 2 is 2.00 bits per heavy atom. The van der Waals surface area contributed by atoms with Gasteiger partial charge in [-0.3, -0.25) is 9.89 Å². The number of amides is 1. The van der Waals surface area contributed by atoms with Gasteiger partial charge >= 0.3 is 0 Å². The largest absolute Gasteiger partial charge is 0.493 e. The van der Waals surface area contributed by atoms with Crippen LogP contribution in [0.2, 0.25) is 0 Å². The highest BCUT2D eigenvalue weighted by molar-refractivity contribution is 5.94. The first-order valence-corrected chi connectivity index (χ1v) is 8.42. The molecule has 0 radical (unpaired) electrons. The Morgan fingerprint density at radius 1 is 1.15 bits per heavy atom. The molecule has 4 rings (SSSR count). The van der Waals surface area contributed by atoms with Gasteiger partial charge in [-0.1, -0.05) is 36.4 Å². The van der Waals surface area contributed by atoms with E-state index in [-0.39, 0.29) is 11.8 Å². The predicted octanol–water partition coefficient (Wildman–Crippen LogP) is 3.47. The zero-order chi connectivity index (χ0) is 17.9. The molecule has 1 aromatic heterocycles. The van der Waals surface area contributed by atoms with Crippen molar-refractivity contribution in [2.24, 2.45) is 0 Å². The SMILES string of the molecule is COc1ccc([C@@H]2CC(=O)Nc3[nH]ncc32)cc1OCc1ccccc1. The number of anilines is 1. The molecular formula is C20H19N3O3. The number of hydrogen-bond acceptors (Lipinski definition) is 4. The van der Waals surface area contributed by atoms with Gasteiger partial charge in [0, 0.05) is 17.9 Å². The lowest BCUT2D eigenvalue weighted by atomic mass is 9.87. The number of carbonyl (C=O) groups is 1. The molecule has 1 amide bonds. The second-order valence-electron chi connectivity index (χ2n) is 6.19. The number of benzene rings is 2. The molecule has 6 heteroatoms. The Hall–Kier alpha value is -3.28. The summed E-state index contributed by atoms with van der Waals surface area (Å²) in [5.74, 6) is 1.88. The highest BCUT2D eigenvalue weighted by Crippen LogP contribution is 2.39. The predicted molar refractivity (Wildman–Crippen MR) is 97.4 cm³/mol. The summed E-state index contributed by atoms with van der Waals surface area (Å²) in [4.78, 5) is 12.0. The molecule has 0 saturated carbocycles. The summed E-state index contributed by atoms with van der Waals surface area (Å²) in [6, 6.07) is 15.7. The van der Waals surface area contributed by atoms with Crippen molar-refractivity contribution in [3.05, 3.63) is 71.4 Å². The van der Waals surface area contributed by atoms with E-state index < -0.39 is 0 Å². The molecule has 0 aliphatic carbocycles. The first-order chi connectivity index (χ1) is 12.7. The molecule has 132 valence electrons. The van der Waals surface area contributed by atoms with Crippen LogP contribution >= 0.6 is 0 Å². The van der Waals surface area contributed by atoms with Crippen molar-refractivity contribution < 1.29 is 14.3 Å². The molecule has 2 aromatic carbocycles. The topological polar surface area (TPSA) is 76.2 Å². The Morgan fingerprint density at radius 3 is 2.81 bits per heavy atom. The van der Waals surface area contributed by atoms with Crippen molar-refractivity contribution in [2.45, 2.75) is 18.9 Å². The van der Waals surface area contributed by atoms with Crippen LogP contribution in [0.1, 0.15) is 29.0 Å². The molecule has 3 aromatic rings. The van der Waals surface area contributed by atoms with E-state index in [0.717, 1.165) is 16.7 Å². The number of fused-ring (bicyclic) bond motifs is 1. The number of nitrogens with one attached hydrogen (secondary N) is 2. The Bertz CT molecular complexity index is 921. The van der Waals surface area contributed by atoms with Crippen molar-refractivity contribution in [2.75, 3.05) is 12.4 Å². The van der Waals surface area contributed by atoms with Gasteiger partial charge in [-0.05, 0) is 23.3 Å². The number of ether oxygens (including phenoxy) is 2. The molecule has 6 nitrogen and oxygen atoms in total. The van der Waals surface area contributed by atoms with Crippen molar-refractivity contribution in [1.29, 1.82) is 0 Å². The first kappa shape index (κ1) is 16.2. The van der Waals surface area contributed by atoms with E-state index in [1.54, 1.807) is 13.3 Å². The number of aromatic amines is 1. The number of carbonyl (C=O) groups excluding carboxylic acids is 1. The summed E-state index contributed by atoms with van der Waals surface area (Å²) >= 11 is 0. The molecule has 0 unspecified atom stereocenters. The third kappa shape index (κ3) is 3.13. The van der Waals surface area contributed by atoms with Crippen LogP contribution in [0.25, 0.3) is 0 Å². The lowest BCUT2D eigenvalue weighted by Crippen LogP contribution is -2.23. The van der Waals surface area contributed by atoms with Gasteiger partial charge in [0.05, 0.1) is 13.3 Å². The van der Waals surface area contributed by atoms with Crippen LogP contribution in [0.15, 0.2) is 54.7 Å². The van der Waals surface area contributed by atoms with E-state index >= 15 is 0 Å². The normalized spacial score (nSPS) is 15.9. The maximum absolute atomic E-state index is 12.0. The fourth-order valence-corrected chi connectivity index (χ4v) is 3.20. The highest BCUT2D eigenvalue weighted by Gasteiger charge is 2.28. The molecule has 0 fully saturated rings. The minimum atomic E-state index is -0.0671. The quantitative estimate of drug-likeness (QED) is 0.739. The fourth-order valence-electron chi connectivity index (χ4n) is 3.20. The standard InChI is InChI=1S/C20H19N3O3/c1-25-17-8-7-14(9-18(17)26-12-13-5-3-2-4-6-13)15-10-19(24)22-20-16(15)11-21-23-20/h2-9,11,15H,10,12H2,1H3,(H2,21,22,23,24)/t15-/m0/s1. The summed E-state index contributed by atoms with van der Waals surface area (Å²) in [5.41, 5.74) is 3.05. The van der Waals surface area contributed by atoms with Gasteiger partial charge in [0.25, 0.3) is 0 Å². The van der Waals surface area contributed by atoms with Crippen molar-refractivity contribution in [3.63, 3.8) is 0 Å². The van der Waals surface area contributed by atoms with Gasteiger partial charge in [-0.25, -0.2) is 0 Å². The van der Waals surface area contributed by atoms with Crippen LogP contribution in [-0.2, 0) is 11.4 Å². The third-order valence-electron chi connectivity index (χ3n) is 4.53. The average molecular weight is 349 g/mol. The van der Waals surface area contributed by atoms with Crippen molar-refractivity contribution in [3.8, 4) is 11.5 Å². The number of methoxy groups -OCH3 is 1. The molecule has 1 aliphatic heterocycles. The molecule has 26 heavy (non-hydrogen) atoms. The van der Waals surface area contributed by atoms with E-state index in [1.165, 1.54) is 0 Å². The van der Waals surface area contributed by atoms with E-state index in [0.29, 0.717) is 30.3 Å². The molecule has 2 N–H and O–H groups in total. The zero-order valence-electron chi connectivity index (χ0n) is 14.4. The summed E-state index contributed by atoms with van der Waals surface area (Å²) in [6.45, 7) is 0.447. The second kappa shape index (κ2) is 6.92. The maximum atomic E-state index is 12.0. The Kier molecular flexibility index (Phi) is 4.31. The summed E-state index contributed by atoms with van der Waals surface area (Å²) in [5, 5.41) is 9.69. The monoisotopic (exact) mass is 349 g/mol. The van der Waals surface area contributed by atoms with Crippen molar-refractivity contribution >= 4 is 11.7 Å². The molecule has 1 atom stereocenters. The summed E-state index contributed by atoms with van der Waals surface area (Å²) < 4.78 is 11.4. The number of aromatic nitrogens is 2. The zero-order valence-corrected chi connectivity index (χ0v) is 14.4. The molecule has 0 spiro atoms. The first-order valence-electron chi connectivity index (χ1n) is 8.42. The molecule has 2 heterocycles. The second-order valence-corrected chi connectivity index (χ2v) is 6.19. The minimum Gasteiger partial charge on any atom is -0.493 e. The van der Waals surface area contributed by atoms with E-state index in [2.05, 4.69) is 15.5 Å². The average Bonchev–Trinajstić information content (AvgIpc) is 3.14. The Balaban J connectivity index is 1.63. The Labute approximate surface area is 151 Å². The van der Waals surface area contributed by atoms with E-state index in [9.17, 15) is 4.79 Å². The van der Waals surface area contributed by atoms with Gasteiger partial charge in [-0.2, -0.15) is 5.10 Å². The van der Waals surface area contributed by atoms with Crippen LogP contribution in [-0.4, -0.2) is 23.2 Å². The molecular weight excluding hydrogens is 330 g/mol. The minimum absolute atomic E-state index is 0.0330. The summed E-state index contributed by atoms with van der Waals surface area (Å²) in [7, 11) is 1.62. The van der Waals surface area contributed by atoms with Crippen molar-refractivity contribution in [1.82, 2.24) is 10.2 Å². The molecule has 1 aliphatic rings. The van der Waals surface area contributed by atoms with Gasteiger partial charge in [0.1, 0.15) is 12.4 Å². The fraction of sp³-hybridized carbons (Fsp3) is 0.200.